The number of hydrogen-bond donors (Lipinski definition) is 2. The van der Waals surface area contributed by atoms with E-state index in [2.05, 4.69) is 4.72 Å². The maximum Gasteiger partial charge on any atom is 0.241 e. The van der Waals surface area contributed by atoms with Crippen molar-refractivity contribution in [2.45, 2.75) is 30.9 Å². The van der Waals surface area contributed by atoms with Crippen LogP contribution in [0, 0.1) is 0 Å². The third-order valence-corrected chi connectivity index (χ3v) is 5.59. The minimum Gasteiger partial charge on any atom is -0.389 e. The summed E-state index contributed by atoms with van der Waals surface area (Å²) in [6, 6.07) is 9.77. The predicted molar refractivity (Wildman–Crippen MR) is 80.1 cm³/mol. The Kier molecular flexibility index (Phi) is 4.59. The number of thiophene rings is 1. The van der Waals surface area contributed by atoms with Gasteiger partial charge >= 0.3 is 0 Å². The lowest BCUT2D eigenvalue weighted by Crippen LogP contribution is -2.26. The van der Waals surface area contributed by atoms with Gasteiger partial charge in [-0.25, -0.2) is 13.1 Å². The first kappa shape index (κ1) is 15.2. The van der Waals surface area contributed by atoms with Crippen LogP contribution in [0.2, 0.25) is 0 Å². The second-order valence-corrected chi connectivity index (χ2v) is 7.30. The van der Waals surface area contributed by atoms with E-state index < -0.39 is 16.1 Å². The molecule has 2 unspecified atom stereocenters. The minimum absolute atomic E-state index is 0.199. The Bertz CT molecular complexity index is 646. The molecule has 0 amide bonds. The topological polar surface area (TPSA) is 66.4 Å². The second kappa shape index (κ2) is 6.05. The number of aliphatic hydroxyl groups excluding tert-OH is 1. The van der Waals surface area contributed by atoms with Crippen molar-refractivity contribution >= 4 is 21.4 Å². The molecule has 2 rings (SSSR count). The predicted octanol–water partition coefficient (Wildman–Crippen LogP) is 2.84. The molecule has 4 nitrogen and oxygen atoms in total. The smallest absolute Gasteiger partial charge is 0.241 e. The van der Waals surface area contributed by atoms with Gasteiger partial charge in [0, 0.05) is 4.88 Å². The highest BCUT2D eigenvalue weighted by Crippen LogP contribution is 2.22. The number of benzene rings is 1. The summed E-state index contributed by atoms with van der Waals surface area (Å²) >= 11 is 1.51. The van der Waals surface area contributed by atoms with Crippen LogP contribution in [0.25, 0.3) is 0 Å². The molecule has 0 saturated carbocycles. The Labute approximate surface area is 123 Å². The molecule has 2 atom stereocenters. The van der Waals surface area contributed by atoms with Gasteiger partial charge in [-0.15, -0.1) is 11.3 Å². The fourth-order valence-electron chi connectivity index (χ4n) is 1.82. The van der Waals surface area contributed by atoms with Crippen molar-refractivity contribution in [2.75, 3.05) is 0 Å². The highest BCUT2D eigenvalue weighted by Gasteiger charge is 2.19. The summed E-state index contributed by atoms with van der Waals surface area (Å²) in [5, 5.41) is 11.3. The molecule has 0 aliphatic rings. The summed E-state index contributed by atoms with van der Waals surface area (Å²) in [5.41, 5.74) is 0.690. The van der Waals surface area contributed by atoms with Crippen molar-refractivity contribution in [1.29, 1.82) is 0 Å². The minimum atomic E-state index is -3.55. The average molecular weight is 311 g/mol. The largest absolute Gasteiger partial charge is 0.389 e. The molecule has 0 saturated heterocycles. The molecule has 1 aromatic heterocycles. The molecule has 0 fully saturated rings. The van der Waals surface area contributed by atoms with E-state index in [1.165, 1.54) is 23.5 Å². The summed E-state index contributed by atoms with van der Waals surface area (Å²) in [6.07, 6.45) is -0.607. The Morgan fingerprint density at radius 2 is 1.80 bits per heavy atom. The third-order valence-electron chi connectivity index (χ3n) is 2.97. The quantitative estimate of drug-likeness (QED) is 0.892. The lowest BCUT2D eigenvalue weighted by atomic mass is 10.1. The molecule has 2 N–H and O–H groups in total. The monoisotopic (exact) mass is 311 g/mol. The number of sulfonamides is 1. The fraction of sp³-hybridized carbons (Fsp3) is 0.286. The normalized spacial score (nSPS) is 14.9. The van der Waals surface area contributed by atoms with Crippen LogP contribution in [0.3, 0.4) is 0 Å². The molecular weight excluding hydrogens is 294 g/mol. The summed E-state index contributed by atoms with van der Waals surface area (Å²) in [7, 11) is -3.55. The standard InChI is InChI=1S/C14H17NO3S2/c1-10(14-4-3-9-19-14)15-20(17,18)13-7-5-12(6-8-13)11(2)16/h3-11,15-16H,1-2H3. The molecule has 20 heavy (non-hydrogen) atoms. The van der Waals surface area contributed by atoms with Gasteiger partial charge in [0.15, 0.2) is 0 Å². The van der Waals surface area contributed by atoms with Gasteiger partial charge in [-0.3, -0.25) is 0 Å². The van der Waals surface area contributed by atoms with Crippen LogP contribution < -0.4 is 4.72 Å². The maximum absolute atomic E-state index is 12.2. The summed E-state index contributed by atoms with van der Waals surface area (Å²) in [5.74, 6) is 0. The van der Waals surface area contributed by atoms with E-state index in [0.29, 0.717) is 5.56 Å². The highest BCUT2D eigenvalue weighted by atomic mass is 32.2. The molecule has 0 aliphatic heterocycles. The van der Waals surface area contributed by atoms with Gasteiger partial charge < -0.3 is 5.11 Å². The van der Waals surface area contributed by atoms with Crippen molar-refractivity contribution in [3.63, 3.8) is 0 Å². The third kappa shape index (κ3) is 3.46. The molecule has 1 heterocycles. The zero-order chi connectivity index (χ0) is 14.8. The van der Waals surface area contributed by atoms with E-state index in [1.54, 1.807) is 19.1 Å². The Morgan fingerprint density at radius 3 is 2.30 bits per heavy atom. The van der Waals surface area contributed by atoms with E-state index in [1.807, 2.05) is 24.4 Å². The van der Waals surface area contributed by atoms with Crippen molar-refractivity contribution in [3.05, 3.63) is 52.2 Å². The van der Waals surface area contributed by atoms with Gasteiger partial charge in [-0.2, -0.15) is 0 Å². The van der Waals surface area contributed by atoms with Crippen molar-refractivity contribution in [2.24, 2.45) is 0 Å². The van der Waals surface area contributed by atoms with E-state index >= 15 is 0 Å². The van der Waals surface area contributed by atoms with Gasteiger partial charge in [0.05, 0.1) is 17.0 Å². The number of hydrogen-bond acceptors (Lipinski definition) is 4. The van der Waals surface area contributed by atoms with Gasteiger partial charge in [0.25, 0.3) is 0 Å². The molecule has 6 heteroatoms. The van der Waals surface area contributed by atoms with Crippen LogP contribution in [0.15, 0.2) is 46.7 Å². The van der Waals surface area contributed by atoms with Crippen LogP contribution in [0.5, 0.6) is 0 Å². The van der Waals surface area contributed by atoms with Crippen molar-refractivity contribution < 1.29 is 13.5 Å². The average Bonchev–Trinajstić information content (AvgIpc) is 2.92. The molecule has 0 aliphatic carbocycles. The van der Waals surface area contributed by atoms with E-state index in [0.717, 1.165) is 4.88 Å². The van der Waals surface area contributed by atoms with Crippen LogP contribution in [-0.2, 0) is 10.0 Å². The van der Waals surface area contributed by atoms with Crippen LogP contribution in [-0.4, -0.2) is 13.5 Å². The Hall–Kier alpha value is -1.21. The Balaban J connectivity index is 2.18. The molecule has 0 spiro atoms. The van der Waals surface area contributed by atoms with Crippen molar-refractivity contribution in [3.8, 4) is 0 Å². The Morgan fingerprint density at radius 1 is 1.15 bits per heavy atom. The SMILES string of the molecule is CC(O)c1ccc(S(=O)(=O)NC(C)c2cccs2)cc1. The molecule has 2 aromatic rings. The summed E-state index contributed by atoms with van der Waals surface area (Å²) in [4.78, 5) is 1.17. The number of aliphatic hydroxyl groups is 1. The lowest BCUT2D eigenvalue weighted by Gasteiger charge is -2.13. The van der Waals surface area contributed by atoms with Crippen LogP contribution >= 0.6 is 11.3 Å². The van der Waals surface area contributed by atoms with Crippen LogP contribution in [0.1, 0.15) is 36.4 Å². The van der Waals surface area contributed by atoms with Gasteiger partial charge in [-0.05, 0) is 43.0 Å². The van der Waals surface area contributed by atoms with E-state index in [-0.39, 0.29) is 10.9 Å². The van der Waals surface area contributed by atoms with E-state index in [9.17, 15) is 13.5 Å². The van der Waals surface area contributed by atoms with Gasteiger partial charge in [0.2, 0.25) is 10.0 Å². The zero-order valence-corrected chi connectivity index (χ0v) is 12.9. The molecule has 108 valence electrons. The summed E-state index contributed by atoms with van der Waals surface area (Å²) in [6.45, 7) is 3.45. The molecule has 0 bridgehead atoms. The van der Waals surface area contributed by atoms with Gasteiger partial charge in [0.1, 0.15) is 0 Å². The first-order valence-corrected chi connectivity index (χ1v) is 8.60. The van der Waals surface area contributed by atoms with Crippen molar-refractivity contribution in [1.82, 2.24) is 4.72 Å². The van der Waals surface area contributed by atoms with Crippen LogP contribution in [0.4, 0.5) is 0 Å². The highest BCUT2D eigenvalue weighted by molar-refractivity contribution is 7.89. The number of rotatable bonds is 5. The maximum atomic E-state index is 12.2. The first-order chi connectivity index (χ1) is 9.40. The van der Waals surface area contributed by atoms with E-state index in [4.69, 9.17) is 0 Å². The zero-order valence-electron chi connectivity index (χ0n) is 11.3. The lowest BCUT2D eigenvalue weighted by molar-refractivity contribution is 0.199. The molecular formula is C14H17NO3S2. The fourth-order valence-corrected chi connectivity index (χ4v) is 3.85. The molecule has 0 radical (unpaired) electrons. The second-order valence-electron chi connectivity index (χ2n) is 4.60. The van der Waals surface area contributed by atoms with Gasteiger partial charge in [-0.1, -0.05) is 18.2 Å². The first-order valence-electron chi connectivity index (χ1n) is 6.24. The summed E-state index contributed by atoms with van der Waals surface area (Å²) < 4.78 is 27.1. The molecule has 1 aromatic carbocycles. The number of nitrogens with one attached hydrogen (secondary N) is 1.